The van der Waals surface area contributed by atoms with Gasteiger partial charge >= 0.3 is 0 Å². The molecule has 152 valence electrons. The second-order valence-electron chi connectivity index (χ2n) is 7.16. The summed E-state index contributed by atoms with van der Waals surface area (Å²) in [5, 5.41) is 6.07. The molecule has 30 heavy (non-hydrogen) atoms. The monoisotopic (exact) mass is 401 g/mol. The number of amides is 2. The van der Waals surface area contributed by atoms with Crippen LogP contribution >= 0.6 is 0 Å². The predicted octanol–water partition coefficient (Wildman–Crippen LogP) is 2.63. The van der Waals surface area contributed by atoms with E-state index in [1.165, 1.54) is 6.20 Å². The lowest BCUT2D eigenvalue weighted by molar-refractivity contribution is 0.0735. The van der Waals surface area contributed by atoms with Gasteiger partial charge in [-0.05, 0) is 42.0 Å². The van der Waals surface area contributed by atoms with Crippen molar-refractivity contribution in [2.45, 2.75) is 0 Å². The Balaban J connectivity index is 1.49. The van der Waals surface area contributed by atoms with Gasteiger partial charge in [-0.2, -0.15) is 0 Å². The topological polar surface area (TPSA) is 100 Å². The summed E-state index contributed by atoms with van der Waals surface area (Å²) < 4.78 is 0. The lowest BCUT2D eigenvalue weighted by Crippen LogP contribution is -2.46. The molecule has 4 N–H and O–H groups in total. The zero-order valence-corrected chi connectivity index (χ0v) is 16.5. The maximum Gasteiger partial charge on any atom is 0.257 e. The van der Waals surface area contributed by atoms with Gasteiger partial charge in [0.25, 0.3) is 11.8 Å². The SMILES string of the molecule is Nc1cccc(NC(=O)c2cncc(-c3ccc(C(=O)N4CCNCC4)cc3)c2)c1. The lowest BCUT2D eigenvalue weighted by Gasteiger charge is -2.27. The Hall–Kier alpha value is -3.71. The molecule has 1 aromatic heterocycles. The van der Waals surface area contributed by atoms with Gasteiger partial charge in [-0.25, -0.2) is 0 Å². The number of piperazine rings is 1. The molecule has 0 atom stereocenters. The van der Waals surface area contributed by atoms with Crippen molar-refractivity contribution >= 4 is 23.2 Å². The minimum Gasteiger partial charge on any atom is -0.399 e. The summed E-state index contributed by atoms with van der Waals surface area (Å²) in [4.78, 5) is 31.3. The zero-order valence-electron chi connectivity index (χ0n) is 16.5. The highest BCUT2D eigenvalue weighted by Gasteiger charge is 2.18. The van der Waals surface area contributed by atoms with E-state index >= 15 is 0 Å². The first-order valence-electron chi connectivity index (χ1n) is 9.82. The number of aromatic nitrogens is 1. The van der Waals surface area contributed by atoms with Crippen molar-refractivity contribution in [3.8, 4) is 11.1 Å². The van der Waals surface area contributed by atoms with Gasteiger partial charge in [0, 0.05) is 61.1 Å². The second-order valence-corrected chi connectivity index (χ2v) is 7.16. The molecular weight excluding hydrogens is 378 g/mol. The summed E-state index contributed by atoms with van der Waals surface area (Å²) in [6.07, 6.45) is 3.22. The van der Waals surface area contributed by atoms with E-state index in [2.05, 4.69) is 15.6 Å². The van der Waals surface area contributed by atoms with Crippen molar-refractivity contribution < 1.29 is 9.59 Å². The van der Waals surface area contributed by atoms with Crippen LogP contribution in [0.4, 0.5) is 11.4 Å². The van der Waals surface area contributed by atoms with Crippen LogP contribution in [0, 0.1) is 0 Å². The molecule has 2 heterocycles. The first-order valence-corrected chi connectivity index (χ1v) is 9.82. The van der Waals surface area contributed by atoms with Crippen molar-refractivity contribution in [2.75, 3.05) is 37.2 Å². The fourth-order valence-corrected chi connectivity index (χ4v) is 3.40. The molecule has 1 aliphatic heterocycles. The van der Waals surface area contributed by atoms with E-state index in [0.717, 1.165) is 24.2 Å². The third-order valence-corrected chi connectivity index (χ3v) is 5.01. The van der Waals surface area contributed by atoms with Gasteiger partial charge in [-0.3, -0.25) is 14.6 Å². The Bertz CT molecular complexity index is 1060. The van der Waals surface area contributed by atoms with Gasteiger partial charge < -0.3 is 21.3 Å². The second kappa shape index (κ2) is 8.75. The molecule has 3 aromatic rings. The lowest BCUT2D eigenvalue weighted by atomic mass is 10.0. The van der Waals surface area contributed by atoms with Crippen LogP contribution in [0.25, 0.3) is 11.1 Å². The molecule has 0 spiro atoms. The number of nitrogens with zero attached hydrogens (tertiary/aromatic N) is 2. The molecule has 2 amide bonds. The fourth-order valence-electron chi connectivity index (χ4n) is 3.40. The number of benzene rings is 2. The van der Waals surface area contributed by atoms with Crippen molar-refractivity contribution in [1.82, 2.24) is 15.2 Å². The van der Waals surface area contributed by atoms with E-state index in [1.807, 2.05) is 29.2 Å². The minimum atomic E-state index is -0.263. The van der Waals surface area contributed by atoms with Gasteiger partial charge in [0.15, 0.2) is 0 Å². The number of carbonyl (C=O) groups excluding carboxylic acids is 2. The van der Waals surface area contributed by atoms with Gasteiger partial charge in [-0.1, -0.05) is 18.2 Å². The van der Waals surface area contributed by atoms with E-state index in [-0.39, 0.29) is 11.8 Å². The number of carbonyl (C=O) groups is 2. The molecule has 1 aliphatic rings. The Kier molecular flexibility index (Phi) is 5.72. The molecule has 1 saturated heterocycles. The highest BCUT2D eigenvalue weighted by Crippen LogP contribution is 2.21. The Morgan fingerprint density at radius 1 is 0.933 bits per heavy atom. The Morgan fingerprint density at radius 3 is 2.43 bits per heavy atom. The van der Waals surface area contributed by atoms with Crippen LogP contribution in [0.15, 0.2) is 67.0 Å². The number of anilines is 2. The third-order valence-electron chi connectivity index (χ3n) is 5.01. The summed E-state index contributed by atoms with van der Waals surface area (Å²) in [6.45, 7) is 3.07. The molecule has 0 bridgehead atoms. The number of nitrogen functional groups attached to an aromatic ring is 1. The number of nitrogens with one attached hydrogen (secondary N) is 2. The number of nitrogens with two attached hydrogens (primary N) is 1. The molecule has 2 aromatic carbocycles. The Labute approximate surface area is 174 Å². The van der Waals surface area contributed by atoms with Gasteiger partial charge in [0.1, 0.15) is 0 Å². The average molecular weight is 401 g/mol. The summed E-state index contributed by atoms with van der Waals surface area (Å²) >= 11 is 0. The average Bonchev–Trinajstić information content (AvgIpc) is 2.79. The van der Waals surface area contributed by atoms with Crippen LogP contribution in [-0.4, -0.2) is 47.9 Å². The highest BCUT2D eigenvalue weighted by atomic mass is 16.2. The first-order chi connectivity index (χ1) is 14.6. The van der Waals surface area contributed by atoms with Crippen LogP contribution in [0.2, 0.25) is 0 Å². The molecule has 4 rings (SSSR count). The van der Waals surface area contributed by atoms with Gasteiger partial charge in [0.05, 0.1) is 5.56 Å². The third kappa shape index (κ3) is 4.47. The predicted molar refractivity (Wildman–Crippen MR) is 117 cm³/mol. The molecule has 0 unspecified atom stereocenters. The van der Waals surface area contributed by atoms with Crippen LogP contribution < -0.4 is 16.4 Å². The van der Waals surface area contributed by atoms with Crippen molar-refractivity contribution in [1.29, 1.82) is 0 Å². The minimum absolute atomic E-state index is 0.0384. The number of hydrogen-bond acceptors (Lipinski definition) is 5. The van der Waals surface area contributed by atoms with E-state index in [9.17, 15) is 9.59 Å². The van der Waals surface area contributed by atoms with Crippen LogP contribution in [0.3, 0.4) is 0 Å². The van der Waals surface area contributed by atoms with E-state index < -0.39 is 0 Å². The molecule has 0 aliphatic carbocycles. The summed E-state index contributed by atoms with van der Waals surface area (Å²) in [6, 6.07) is 16.2. The first kappa shape index (κ1) is 19.6. The van der Waals surface area contributed by atoms with E-state index in [0.29, 0.717) is 35.6 Å². The summed E-state index contributed by atoms with van der Waals surface area (Å²) in [5.74, 6) is -0.225. The normalized spacial score (nSPS) is 13.7. The molecule has 0 radical (unpaired) electrons. The van der Waals surface area contributed by atoms with Crippen LogP contribution in [0.5, 0.6) is 0 Å². The van der Waals surface area contributed by atoms with Crippen LogP contribution in [-0.2, 0) is 0 Å². The number of rotatable bonds is 4. The smallest absolute Gasteiger partial charge is 0.257 e. The van der Waals surface area contributed by atoms with Gasteiger partial charge in [-0.15, -0.1) is 0 Å². The summed E-state index contributed by atoms with van der Waals surface area (Å²) in [7, 11) is 0. The molecular formula is C23H23N5O2. The highest BCUT2D eigenvalue weighted by molar-refractivity contribution is 6.05. The van der Waals surface area contributed by atoms with Crippen LogP contribution in [0.1, 0.15) is 20.7 Å². The van der Waals surface area contributed by atoms with E-state index in [1.54, 1.807) is 36.5 Å². The molecule has 0 saturated carbocycles. The molecule has 1 fully saturated rings. The molecule has 7 heteroatoms. The van der Waals surface area contributed by atoms with Gasteiger partial charge in [0.2, 0.25) is 0 Å². The quantitative estimate of drug-likeness (QED) is 0.584. The van der Waals surface area contributed by atoms with Crippen molar-refractivity contribution in [3.05, 3.63) is 78.1 Å². The summed E-state index contributed by atoms with van der Waals surface area (Å²) in [5.41, 5.74) is 9.75. The maximum absolute atomic E-state index is 12.6. The van der Waals surface area contributed by atoms with E-state index in [4.69, 9.17) is 5.73 Å². The molecule has 7 nitrogen and oxygen atoms in total. The standard InChI is InChI=1S/C23H23N5O2/c24-20-2-1-3-21(13-20)27-22(29)19-12-18(14-26-15-19)16-4-6-17(7-5-16)23(30)28-10-8-25-9-11-28/h1-7,12-15,25H,8-11,24H2,(H,27,29). The fraction of sp³-hybridized carbons (Fsp3) is 0.174. The number of pyridine rings is 1. The largest absolute Gasteiger partial charge is 0.399 e. The number of hydrogen-bond donors (Lipinski definition) is 3. The zero-order chi connectivity index (χ0) is 20.9. The Morgan fingerprint density at radius 2 is 1.70 bits per heavy atom. The maximum atomic E-state index is 12.6. The van der Waals surface area contributed by atoms with Crippen molar-refractivity contribution in [2.24, 2.45) is 0 Å². The van der Waals surface area contributed by atoms with Crippen molar-refractivity contribution in [3.63, 3.8) is 0 Å².